The number of sulfonamides is 1. The summed E-state index contributed by atoms with van der Waals surface area (Å²) < 4.78 is 37.8. The van der Waals surface area contributed by atoms with Crippen molar-refractivity contribution in [1.82, 2.24) is 0 Å². The highest BCUT2D eigenvalue weighted by molar-refractivity contribution is 7.89. The van der Waals surface area contributed by atoms with Crippen LogP contribution in [0.3, 0.4) is 0 Å². The van der Waals surface area contributed by atoms with Gasteiger partial charge in [-0.05, 0) is 36.4 Å². The van der Waals surface area contributed by atoms with Gasteiger partial charge in [-0.1, -0.05) is 18.2 Å². The summed E-state index contributed by atoms with van der Waals surface area (Å²) in [6.07, 6.45) is 0. The average molecular weight is 351 g/mol. The summed E-state index contributed by atoms with van der Waals surface area (Å²) in [6, 6.07) is 14.5. The third-order valence-electron chi connectivity index (χ3n) is 2.87. The highest BCUT2D eigenvalue weighted by atomic mass is 32.2. The number of carbonyl (C=O) groups excluding carboxylic acids is 1. The summed E-state index contributed by atoms with van der Waals surface area (Å²) in [5.74, 6) is 0.520. The number of hydrogen-bond donors (Lipinski definition) is 1. The fourth-order valence-electron chi connectivity index (χ4n) is 1.74. The highest BCUT2D eigenvalue weighted by Crippen LogP contribution is 2.14. The minimum absolute atomic E-state index is 0.000612. The van der Waals surface area contributed by atoms with Crippen LogP contribution in [0.1, 0.15) is 0 Å². The first-order valence-corrected chi connectivity index (χ1v) is 8.59. The van der Waals surface area contributed by atoms with Gasteiger partial charge in [0.15, 0.2) is 6.61 Å². The minimum atomic E-state index is -3.72. The number of primary sulfonamides is 1. The van der Waals surface area contributed by atoms with Crippen molar-refractivity contribution in [2.45, 2.75) is 4.90 Å². The largest absolute Gasteiger partial charge is 0.490 e. The maximum Gasteiger partial charge on any atom is 0.344 e. The fraction of sp³-hybridized carbons (Fsp3) is 0.188. The van der Waals surface area contributed by atoms with Gasteiger partial charge in [0.1, 0.15) is 24.7 Å². The normalized spacial score (nSPS) is 10.9. The maximum absolute atomic E-state index is 11.5. The Bertz CT molecular complexity index is 759. The first-order chi connectivity index (χ1) is 11.4. The van der Waals surface area contributed by atoms with Gasteiger partial charge in [-0.2, -0.15) is 0 Å². The predicted molar refractivity (Wildman–Crippen MR) is 86.2 cm³/mol. The molecule has 0 saturated carbocycles. The molecule has 128 valence electrons. The molecule has 0 amide bonds. The number of rotatable bonds is 8. The van der Waals surface area contributed by atoms with Crippen molar-refractivity contribution in [3.63, 3.8) is 0 Å². The second kappa shape index (κ2) is 8.32. The number of benzene rings is 2. The number of carbonyl (C=O) groups is 1. The number of ether oxygens (including phenoxy) is 3. The van der Waals surface area contributed by atoms with Gasteiger partial charge in [-0.25, -0.2) is 18.4 Å². The molecular weight excluding hydrogens is 334 g/mol. The van der Waals surface area contributed by atoms with Crippen LogP contribution in [0.2, 0.25) is 0 Å². The van der Waals surface area contributed by atoms with Crippen LogP contribution in [-0.2, 0) is 19.6 Å². The zero-order valence-electron chi connectivity index (χ0n) is 12.8. The molecule has 2 rings (SSSR count). The van der Waals surface area contributed by atoms with Gasteiger partial charge in [-0.3, -0.25) is 0 Å². The molecule has 8 heteroatoms. The second-order valence-corrected chi connectivity index (χ2v) is 6.25. The molecule has 0 heterocycles. The Hall–Kier alpha value is -2.58. The molecule has 0 unspecified atom stereocenters. The third kappa shape index (κ3) is 5.90. The van der Waals surface area contributed by atoms with E-state index in [4.69, 9.17) is 19.3 Å². The number of nitrogens with two attached hydrogens (primary N) is 1. The van der Waals surface area contributed by atoms with E-state index in [1.165, 1.54) is 24.3 Å². The Kier molecular flexibility index (Phi) is 6.16. The van der Waals surface area contributed by atoms with E-state index in [0.29, 0.717) is 11.5 Å². The molecule has 0 atom stereocenters. The lowest BCUT2D eigenvalue weighted by Crippen LogP contribution is -2.18. The van der Waals surface area contributed by atoms with Crippen molar-refractivity contribution in [3.8, 4) is 11.5 Å². The molecule has 0 bridgehead atoms. The molecular formula is C16H17NO6S. The Morgan fingerprint density at radius 1 is 0.875 bits per heavy atom. The van der Waals surface area contributed by atoms with Gasteiger partial charge in [0.25, 0.3) is 0 Å². The lowest BCUT2D eigenvalue weighted by atomic mass is 10.3. The molecule has 0 spiro atoms. The van der Waals surface area contributed by atoms with Crippen LogP contribution in [0.15, 0.2) is 59.5 Å². The van der Waals surface area contributed by atoms with Crippen LogP contribution in [-0.4, -0.2) is 34.2 Å². The SMILES string of the molecule is NS(=O)(=O)c1ccc(OCCOC(=O)COc2ccccc2)cc1. The number of esters is 1. The molecule has 24 heavy (non-hydrogen) atoms. The van der Waals surface area contributed by atoms with E-state index in [1.807, 2.05) is 6.07 Å². The van der Waals surface area contributed by atoms with Crippen LogP contribution in [0.25, 0.3) is 0 Å². The first-order valence-electron chi connectivity index (χ1n) is 7.04. The minimum Gasteiger partial charge on any atom is -0.490 e. The maximum atomic E-state index is 11.5. The van der Waals surface area contributed by atoms with Crippen molar-refractivity contribution in [2.24, 2.45) is 5.14 Å². The lowest BCUT2D eigenvalue weighted by Gasteiger charge is -2.08. The van der Waals surface area contributed by atoms with Crippen molar-refractivity contribution >= 4 is 16.0 Å². The molecule has 0 radical (unpaired) electrons. The smallest absolute Gasteiger partial charge is 0.344 e. The Morgan fingerprint density at radius 3 is 2.12 bits per heavy atom. The molecule has 7 nitrogen and oxygen atoms in total. The zero-order chi connectivity index (χ0) is 17.4. The van der Waals surface area contributed by atoms with Crippen molar-refractivity contribution in [1.29, 1.82) is 0 Å². The van der Waals surface area contributed by atoms with Crippen molar-refractivity contribution in [3.05, 3.63) is 54.6 Å². The summed E-state index contributed by atoms with van der Waals surface area (Å²) in [7, 11) is -3.72. The summed E-state index contributed by atoms with van der Waals surface area (Å²) in [6.45, 7) is -0.00715. The van der Waals surface area contributed by atoms with Gasteiger partial charge >= 0.3 is 5.97 Å². The standard InChI is InChI=1S/C16H17NO6S/c17-24(19,20)15-8-6-14(7-9-15)21-10-11-22-16(18)12-23-13-4-2-1-3-5-13/h1-9H,10-12H2,(H2,17,19,20). The monoisotopic (exact) mass is 351 g/mol. The molecule has 0 aliphatic heterocycles. The molecule has 2 aromatic rings. The van der Waals surface area contributed by atoms with Crippen LogP contribution in [0.5, 0.6) is 11.5 Å². The van der Waals surface area contributed by atoms with Gasteiger partial charge in [0, 0.05) is 0 Å². The Labute approximate surface area is 140 Å². The quantitative estimate of drug-likeness (QED) is 0.568. The van der Waals surface area contributed by atoms with Gasteiger partial charge in [0.2, 0.25) is 10.0 Å². The average Bonchev–Trinajstić information content (AvgIpc) is 2.57. The number of hydrogen-bond acceptors (Lipinski definition) is 6. The molecule has 2 aromatic carbocycles. The molecule has 0 aliphatic rings. The van der Waals surface area contributed by atoms with Crippen LogP contribution in [0.4, 0.5) is 0 Å². The summed E-state index contributed by atoms with van der Waals surface area (Å²) in [5, 5.41) is 4.99. The van der Waals surface area contributed by atoms with Crippen LogP contribution < -0.4 is 14.6 Å². The predicted octanol–water partition coefficient (Wildman–Crippen LogP) is 1.33. The van der Waals surface area contributed by atoms with Gasteiger partial charge in [-0.15, -0.1) is 0 Å². The molecule has 0 aromatic heterocycles. The van der Waals surface area contributed by atoms with E-state index in [2.05, 4.69) is 0 Å². The summed E-state index contributed by atoms with van der Waals surface area (Å²) >= 11 is 0. The molecule has 0 saturated heterocycles. The van der Waals surface area contributed by atoms with Crippen molar-refractivity contribution in [2.75, 3.05) is 19.8 Å². The highest BCUT2D eigenvalue weighted by Gasteiger charge is 2.07. The molecule has 0 fully saturated rings. The third-order valence-corrected chi connectivity index (χ3v) is 3.80. The van der Waals surface area contributed by atoms with Crippen LogP contribution in [0, 0.1) is 0 Å². The van der Waals surface area contributed by atoms with Crippen LogP contribution >= 0.6 is 0 Å². The Balaban J connectivity index is 1.66. The van der Waals surface area contributed by atoms with E-state index in [1.54, 1.807) is 24.3 Å². The van der Waals surface area contributed by atoms with Gasteiger partial charge < -0.3 is 14.2 Å². The zero-order valence-corrected chi connectivity index (χ0v) is 13.6. The fourth-order valence-corrected chi connectivity index (χ4v) is 2.26. The summed E-state index contributed by atoms with van der Waals surface area (Å²) in [4.78, 5) is 11.5. The van der Waals surface area contributed by atoms with E-state index < -0.39 is 16.0 Å². The topological polar surface area (TPSA) is 105 Å². The first kappa shape index (κ1) is 17.8. The van der Waals surface area contributed by atoms with E-state index >= 15 is 0 Å². The van der Waals surface area contributed by atoms with E-state index in [0.717, 1.165) is 0 Å². The molecule has 0 aliphatic carbocycles. The lowest BCUT2D eigenvalue weighted by molar-refractivity contribution is -0.146. The van der Waals surface area contributed by atoms with Gasteiger partial charge in [0.05, 0.1) is 4.90 Å². The molecule has 2 N–H and O–H groups in total. The Morgan fingerprint density at radius 2 is 1.50 bits per heavy atom. The van der Waals surface area contributed by atoms with E-state index in [-0.39, 0.29) is 24.7 Å². The summed E-state index contributed by atoms with van der Waals surface area (Å²) in [5.41, 5.74) is 0. The van der Waals surface area contributed by atoms with E-state index in [9.17, 15) is 13.2 Å². The number of para-hydroxylation sites is 1. The second-order valence-electron chi connectivity index (χ2n) is 4.69. The van der Waals surface area contributed by atoms with Crippen molar-refractivity contribution < 1.29 is 27.4 Å².